The Labute approximate surface area is 300 Å². The van der Waals surface area contributed by atoms with Crippen LogP contribution in [0.15, 0.2) is 30.6 Å². The van der Waals surface area contributed by atoms with Crippen LogP contribution in [0.25, 0.3) is 0 Å². The summed E-state index contributed by atoms with van der Waals surface area (Å²) in [4.78, 5) is 0. The number of unbranched alkanes of at least 4 members (excludes halogenated alkanes) is 26. The van der Waals surface area contributed by atoms with E-state index < -0.39 is 0 Å². The number of halogens is 2. The summed E-state index contributed by atoms with van der Waals surface area (Å²) in [6.45, 7) is 7.10. The predicted octanol–water partition coefficient (Wildman–Crippen LogP) is 6.64. The first-order valence-corrected chi connectivity index (χ1v) is 19.2. The van der Waals surface area contributed by atoms with Gasteiger partial charge in [-0.2, -0.15) is 0 Å². The molecule has 0 N–H and O–H groups in total. The van der Waals surface area contributed by atoms with E-state index in [1.165, 1.54) is 193 Å². The third-order valence-electron chi connectivity index (χ3n) is 8.73. The zero-order valence-electron chi connectivity index (χ0n) is 30.8. The van der Waals surface area contributed by atoms with Crippen molar-refractivity contribution in [3.63, 3.8) is 0 Å². The van der Waals surface area contributed by atoms with Gasteiger partial charge in [0.15, 0.2) is 12.4 Å². The van der Waals surface area contributed by atoms with Crippen LogP contribution in [0, 0.1) is 0 Å². The monoisotopic (exact) mass is 746 g/mol. The molecule has 264 valence electrons. The topological polar surface area (TPSA) is 3.88 Å². The van der Waals surface area contributed by atoms with Crippen LogP contribution in [0.4, 0.5) is 0 Å². The number of hydrogen-bond donors (Lipinski definition) is 0. The van der Waals surface area contributed by atoms with Crippen molar-refractivity contribution in [2.75, 3.05) is 27.7 Å². The molecule has 0 amide bonds. The van der Waals surface area contributed by atoms with Gasteiger partial charge < -0.3 is 38.4 Å². The van der Waals surface area contributed by atoms with Crippen molar-refractivity contribution in [1.82, 2.24) is 0 Å². The lowest BCUT2D eigenvalue weighted by atomic mass is 10.0. The molecule has 0 spiro atoms. The van der Waals surface area contributed by atoms with Crippen LogP contribution in [-0.2, 0) is 6.54 Å². The maximum atomic E-state index is 2.29. The zero-order chi connectivity index (χ0) is 30.8. The zero-order valence-corrected chi connectivity index (χ0v) is 33.9. The molecule has 44 heavy (non-hydrogen) atoms. The normalized spacial score (nSPS) is 10.9. The fourth-order valence-electron chi connectivity index (χ4n) is 5.85. The molecule has 0 aliphatic carbocycles. The second-order valence-electron chi connectivity index (χ2n) is 14.3. The molecule has 0 unspecified atom stereocenters. The van der Waals surface area contributed by atoms with Gasteiger partial charge in [0.1, 0.15) is 6.54 Å². The van der Waals surface area contributed by atoms with E-state index in [0.717, 1.165) is 4.48 Å². The van der Waals surface area contributed by atoms with Crippen LogP contribution >= 0.6 is 0 Å². The predicted molar refractivity (Wildman–Crippen MR) is 190 cm³/mol. The average Bonchev–Trinajstić information content (AvgIpc) is 2.98. The Hall–Kier alpha value is 0.0700. The Morgan fingerprint density at radius 2 is 0.636 bits per heavy atom. The summed E-state index contributed by atoms with van der Waals surface area (Å²) in [6.07, 6.45) is 44.8. The Morgan fingerprint density at radius 3 is 0.932 bits per heavy atom. The van der Waals surface area contributed by atoms with Gasteiger partial charge in [-0.1, -0.05) is 174 Å². The number of rotatable bonds is 30. The summed E-state index contributed by atoms with van der Waals surface area (Å²) in [5.74, 6) is 0. The largest absolute Gasteiger partial charge is 1.00 e. The van der Waals surface area contributed by atoms with E-state index in [0.29, 0.717) is 0 Å². The standard InChI is InChI=1S/C21H38N.C19H42N.2BrH/c1-2-3-4-5-6-7-8-9-10-11-12-13-14-16-19-22-20-17-15-18-21-22;1-5-6-7-8-9-10-11-12-13-14-15-16-17-18-19-20(2,3)4;;/h15,17-18,20-21H,2-14,16,19H2,1H3;5-19H2,1-4H3;2*1H/q2*+1;;/p-2. The summed E-state index contributed by atoms with van der Waals surface area (Å²) < 4.78 is 3.42. The van der Waals surface area contributed by atoms with Crippen LogP contribution in [0.3, 0.4) is 0 Å². The van der Waals surface area contributed by atoms with E-state index in [4.69, 9.17) is 0 Å². The summed E-state index contributed by atoms with van der Waals surface area (Å²) in [6, 6.07) is 6.31. The molecule has 1 rings (SSSR count). The molecule has 0 aromatic carbocycles. The molecule has 2 nitrogen and oxygen atoms in total. The molecular formula is C40H80Br2N2. The van der Waals surface area contributed by atoms with Crippen molar-refractivity contribution in [3.05, 3.63) is 30.6 Å². The van der Waals surface area contributed by atoms with Gasteiger partial charge in [0, 0.05) is 18.6 Å². The summed E-state index contributed by atoms with van der Waals surface area (Å²) in [7, 11) is 6.88. The van der Waals surface area contributed by atoms with Gasteiger partial charge in [0.25, 0.3) is 0 Å². The molecule has 0 atom stereocenters. The lowest BCUT2D eigenvalue weighted by Gasteiger charge is -2.23. The maximum Gasteiger partial charge on any atom is 0.168 e. The Bertz CT molecular complexity index is 618. The van der Waals surface area contributed by atoms with Crippen molar-refractivity contribution in [1.29, 1.82) is 0 Å². The SMILES string of the molecule is CCCCCCCCCCCCCCCC[N+](C)(C)C.CCCCCCCCCCCCCCCC[n+]1ccccc1.[Br-].[Br-]. The van der Waals surface area contributed by atoms with E-state index >= 15 is 0 Å². The number of nitrogens with zero attached hydrogens (tertiary/aromatic N) is 2. The highest BCUT2D eigenvalue weighted by molar-refractivity contribution is 4.83. The molecule has 0 aliphatic heterocycles. The minimum Gasteiger partial charge on any atom is -1.00 e. The van der Waals surface area contributed by atoms with Crippen molar-refractivity contribution in [2.24, 2.45) is 0 Å². The number of quaternary nitrogens is 1. The molecular weight excluding hydrogens is 668 g/mol. The van der Waals surface area contributed by atoms with Gasteiger partial charge in [-0.25, -0.2) is 4.57 Å². The lowest BCUT2D eigenvalue weighted by molar-refractivity contribution is -0.870. The lowest BCUT2D eigenvalue weighted by Crippen LogP contribution is -3.00. The number of aryl methyl sites for hydroxylation is 1. The van der Waals surface area contributed by atoms with Crippen molar-refractivity contribution in [3.8, 4) is 0 Å². The van der Waals surface area contributed by atoms with Crippen molar-refractivity contribution < 1.29 is 43.0 Å². The van der Waals surface area contributed by atoms with E-state index in [1.54, 1.807) is 0 Å². The van der Waals surface area contributed by atoms with Gasteiger partial charge in [0.05, 0.1) is 27.7 Å². The summed E-state index contributed by atoms with van der Waals surface area (Å²) in [5, 5.41) is 0. The highest BCUT2D eigenvalue weighted by Gasteiger charge is 2.05. The molecule has 4 heteroatoms. The highest BCUT2D eigenvalue weighted by atomic mass is 79.9. The quantitative estimate of drug-likeness (QED) is 0.0473. The molecule has 0 saturated heterocycles. The van der Waals surface area contributed by atoms with E-state index in [2.05, 4.69) is 70.2 Å². The molecule has 0 bridgehead atoms. The molecule has 1 aromatic heterocycles. The van der Waals surface area contributed by atoms with E-state index in [9.17, 15) is 0 Å². The number of aromatic nitrogens is 1. The molecule has 0 fully saturated rings. The van der Waals surface area contributed by atoms with Gasteiger partial charge >= 0.3 is 0 Å². The third-order valence-corrected chi connectivity index (χ3v) is 8.73. The second kappa shape index (κ2) is 39.2. The Balaban J connectivity index is -0.000000735. The molecule has 0 radical (unpaired) electrons. The Morgan fingerprint density at radius 1 is 0.364 bits per heavy atom. The first-order valence-electron chi connectivity index (χ1n) is 19.2. The fraction of sp³-hybridized carbons (Fsp3) is 0.875. The van der Waals surface area contributed by atoms with Crippen molar-refractivity contribution in [2.45, 2.75) is 200 Å². The molecule has 1 heterocycles. The molecule has 0 aliphatic rings. The molecule has 0 saturated carbocycles. The van der Waals surface area contributed by atoms with Gasteiger partial charge in [-0.3, -0.25) is 0 Å². The van der Waals surface area contributed by atoms with Crippen LogP contribution in [0.1, 0.15) is 194 Å². The highest BCUT2D eigenvalue weighted by Crippen LogP contribution is 2.14. The summed E-state index contributed by atoms with van der Waals surface area (Å²) in [5.41, 5.74) is 0. The minimum absolute atomic E-state index is 0. The fourth-order valence-corrected chi connectivity index (χ4v) is 5.85. The van der Waals surface area contributed by atoms with Gasteiger partial charge in [-0.15, -0.1) is 0 Å². The Kier molecular flexibility index (Phi) is 43.2. The maximum absolute atomic E-state index is 2.29. The van der Waals surface area contributed by atoms with Gasteiger partial charge in [-0.05, 0) is 19.3 Å². The number of pyridine rings is 1. The van der Waals surface area contributed by atoms with Crippen LogP contribution in [-0.4, -0.2) is 32.2 Å². The molecule has 1 aromatic rings. The number of hydrogen-bond acceptors (Lipinski definition) is 0. The second-order valence-corrected chi connectivity index (χ2v) is 14.3. The van der Waals surface area contributed by atoms with Crippen LogP contribution in [0.2, 0.25) is 0 Å². The van der Waals surface area contributed by atoms with Crippen molar-refractivity contribution >= 4 is 0 Å². The third kappa shape index (κ3) is 42.1. The van der Waals surface area contributed by atoms with Crippen LogP contribution < -0.4 is 38.5 Å². The van der Waals surface area contributed by atoms with Gasteiger partial charge in [0.2, 0.25) is 0 Å². The minimum atomic E-state index is 0. The van der Waals surface area contributed by atoms with E-state index in [-0.39, 0.29) is 34.0 Å². The smallest absolute Gasteiger partial charge is 0.168 e. The summed E-state index contributed by atoms with van der Waals surface area (Å²) >= 11 is 0. The first kappa shape index (κ1) is 48.5. The van der Waals surface area contributed by atoms with E-state index in [1.807, 2.05) is 0 Å². The average molecular weight is 749 g/mol. The first-order chi connectivity index (χ1) is 20.5. The van der Waals surface area contributed by atoms with Crippen LogP contribution in [0.5, 0.6) is 0 Å².